The Morgan fingerprint density at radius 3 is 2.39 bits per heavy atom. The molecule has 124 valence electrons. The number of unbranched alkanes of at least 4 members (excludes halogenated alkanes) is 6. The average Bonchev–Trinajstić information content (AvgIpc) is 2.78. The lowest BCUT2D eigenvalue weighted by molar-refractivity contribution is -0.124. The molecule has 1 aromatic carbocycles. The number of nitrogens with zero attached hydrogens (tertiary/aromatic N) is 1. The third kappa shape index (κ3) is 4.20. The summed E-state index contributed by atoms with van der Waals surface area (Å²) in [5, 5.41) is 0.381. The van der Waals surface area contributed by atoms with Crippen molar-refractivity contribution in [3.8, 4) is 0 Å². The number of benzene rings is 1. The van der Waals surface area contributed by atoms with Gasteiger partial charge in [0.2, 0.25) is 5.91 Å². The first kappa shape index (κ1) is 17.7. The van der Waals surface area contributed by atoms with Crippen molar-refractivity contribution in [1.82, 2.24) is 0 Å². The molecule has 0 radical (unpaired) electrons. The number of rotatable bonds is 8. The molecule has 2 rings (SSSR count). The lowest BCUT2D eigenvalue weighted by Crippen LogP contribution is -2.35. The molecule has 5 heteroatoms. The molecule has 1 aliphatic heterocycles. The molecule has 0 saturated heterocycles. The highest BCUT2D eigenvalue weighted by Gasteiger charge is 2.39. The van der Waals surface area contributed by atoms with Gasteiger partial charge in [-0.2, -0.15) is 0 Å². The zero-order chi connectivity index (χ0) is 16.8. The number of ketones is 1. The summed E-state index contributed by atoms with van der Waals surface area (Å²) < 4.78 is 0. The summed E-state index contributed by atoms with van der Waals surface area (Å²) in [5.41, 5.74) is 0.577. The molecule has 0 spiro atoms. The quantitative estimate of drug-likeness (QED) is 0.517. The van der Waals surface area contributed by atoms with Crippen LogP contribution in [0.25, 0.3) is 0 Å². The van der Waals surface area contributed by atoms with Gasteiger partial charge in [0.15, 0.2) is 0 Å². The van der Waals surface area contributed by atoms with Gasteiger partial charge in [-0.25, -0.2) is 4.90 Å². The van der Waals surface area contributed by atoms with Crippen LogP contribution in [0.5, 0.6) is 0 Å². The highest BCUT2D eigenvalue weighted by Crippen LogP contribution is 2.31. The van der Waals surface area contributed by atoms with Crippen molar-refractivity contribution in [2.45, 2.75) is 58.3 Å². The summed E-state index contributed by atoms with van der Waals surface area (Å²) in [4.78, 5) is 37.3. The fourth-order valence-electron chi connectivity index (χ4n) is 2.80. The Balaban J connectivity index is 1.88. The second kappa shape index (κ2) is 8.25. The van der Waals surface area contributed by atoms with Crippen LogP contribution in [0.2, 0.25) is 5.02 Å². The van der Waals surface area contributed by atoms with Crippen LogP contribution >= 0.6 is 11.6 Å². The highest BCUT2D eigenvalue weighted by molar-refractivity contribution is 6.56. The van der Waals surface area contributed by atoms with E-state index < -0.39 is 11.7 Å². The topological polar surface area (TPSA) is 54.5 Å². The van der Waals surface area contributed by atoms with Crippen LogP contribution in [-0.4, -0.2) is 17.6 Å². The van der Waals surface area contributed by atoms with E-state index in [4.69, 9.17) is 11.6 Å². The summed E-state index contributed by atoms with van der Waals surface area (Å²) in [6.07, 6.45) is 7.99. The van der Waals surface area contributed by atoms with E-state index in [0.29, 0.717) is 10.7 Å². The van der Waals surface area contributed by atoms with Crippen LogP contribution < -0.4 is 4.90 Å². The number of fused-ring (bicyclic) bond motifs is 1. The molecular formula is C18H22ClNO3. The molecule has 4 nitrogen and oxygen atoms in total. The van der Waals surface area contributed by atoms with E-state index >= 15 is 0 Å². The third-order valence-corrected chi connectivity index (χ3v) is 4.32. The zero-order valence-corrected chi connectivity index (χ0v) is 14.2. The highest BCUT2D eigenvalue weighted by atomic mass is 35.5. The van der Waals surface area contributed by atoms with Crippen LogP contribution in [0, 0.1) is 0 Å². The minimum absolute atomic E-state index is 0.218. The molecule has 0 aromatic heterocycles. The molecule has 0 atom stereocenters. The Hall–Kier alpha value is -1.68. The maximum atomic E-state index is 12.3. The van der Waals surface area contributed by atoms with Gasteiger partial charge in [0.25, 0.3) is 5.78 Å². The molecule has 1 aromatic rings. The number of amides is 2. The van der Waals surface area contributed by atoms with Crippen LogP contribution in [0.15, 0.2) is 18.2 Å². The summed E-state index contributed by atoms with van der Waals surface area (Å²) in [7, 11) is 0. The fraction of sp³-hybridized carbons (Fsp3) is 0.500. The summed E-state index contributed by atoms with van der Waals surface area (Å²) in [6.45, 7) is 2.18. The predicted molar refractivity (Wildman–Crippen MR) is 90.9 cm³/mol. The SMILES string of the molecule is CCCCCCCCCC(=O)N1C(=O)C(=O)c2cc(Cl)ccc21. The summed E-state index contributed by atoms with van der Waals surface area (Å²) in [5.74, 6) is -1.73. The first-order valence-electron chi connectivity index (χ1n) is 8.27. The van der Waals surface area contributed by atoms with Gasteiger partial charge in [-0.05, 0) is 24.6 Å². The van der Waals surface area contributed by atoms with E-state index in [9.17, 15) is 14.4 Å². The van der Waals surface area contributed by atoms with Gasteiger partial charge in [0, 0.05) is 11.4 Å². The van der Waals surface area contributed by atoms with E-state index in [0.717, 1.165) is 24.2 Å². The number of hydrogen-bond donors (Lipinski definition) is 0. The van der Waals surface area contributed by atoms with E-state index in [1.54, 1.807) is 12.1 Å². The Kier molecular flexibility index (Phi) is 6.34. The molecule has 2 amide bonds. The number of halogens is 1. The van der Waals surface area contributed by atoms with Crippen molar-refractivity contribution >= 4 is 34.9 Å². The molecule has 0 bridgehead atoms. The minimum Gasteiger partial charge on any atom is -0.283 e. The molecule has 0 saturated carbocycles. The van der Waals surface area contributed by atoms with Crippen molar-refractivity contribution in [2.75, 3.05) is 4.90 Å². The molecule has 0 aliphatic carbocycles. The van der Waals surface area contributed by atoms with Gasteiger partial charge in [0.1, 0.15) is 0 Å². The van der Waals surface area contributed by atoms with Gasteiger partial charge < -0.3 is 0 Å². The first-order chi connectivity index (χ1) is 11.1. The lowest BCUT2D eigenvalue weighted by atomic mass is 10.1. The predicted octanol–water partition coefficient (Wildman–Crippen LogP) is 4.54. The van der Waals surface area contributed by atoms with Crippen LogP contribution in [0.1, 0.15) is 68.6 Å². The smallest absolute Gasteiger partial charge is 0.283 e. The van der Waals surface area contributed by atoms with Gasteiger partial charge in [-0.3, -0.25) is 14.4 Å². The molecule has 0 unspecified atom stereocenters. The Morgan fingerprint density at radius 1 is 1.04 bits per heavy atom. The van der Waals surface area contributed by atoms with Crippen molar-refractivity contribution in [1.29, 1.82) is 0 Å². The largest absolute Gasteiger partial charge is 0.306 e. The zero-order valence-electron chi connectivity index (χ0n) is 13.4. The number of carbonyl (C=O) groups excluding carboxylic acids is 3. The molecule has 1 heterocycles. The number of Topliss-reactive ketones (excluding diaryl/α,β-unsaturated/α-hetero) is 1. The van der Waals surface area contributed by atoms with Crippen molar-refractivity contribution in [3.63, 3.8) is 0 Å². The van der Waals surface area contributed by atoms with Gasteiger partial charge in [-0.1, -0.05) is 57.0 Å². The van der Waals surface area contributed by atoms with Crippen LogP contribution in [-0.2, 0) is 9.59 Å². The van der Waals surface area contributed by atoms with Gasteiger partial charge in [0.05, 0.1) is 11.3 Å². The van der Waals surface area contributed by atoms with E-state index in [2.05, 4.69) is 6.92 Å². The Labute approximate surface area is 141 Å². The van der Waals surface area contributed by atoms with E-state index in [1.807, 2.05) is 0 Å². The molecule has 23 heavy (non-hydrogen) atoms. The standard InChI is InChI=1S/C18H22ClNO3/c1-2-3-4-5-6-7-8-9-16(21)20-15-11-10-13(19)12-14(15)17(22)18(20)23/h10-12H,2-9H2,1H3. The molecule has 1 aliphatic rings. The summed E-state index contributed by atoms with van der Waals surface area (Å²) >= 11 is 5.85. The molecular weight excluding hydrogens is 314 g/mol. The third-order valence-electron chi connectivity index (χ3n) is 4.09. The second-order valence-corrected chi connectivity index (χ2v) is 6.33. The lowest BCUT2D eigenvalue weighted by Gasteiger charge is -2.14. The van der Waals surface area contributed by atoms with E-state index in [-0.39, 0.29) is 17.9 Å². The molecule has 0 N–H and O–H groups in total. The number of hydrogen-bond acceptors (Lipinski definition) is 3. The van der Waals surface area contributed by atoms with Crippen LogP contribution in [0.4, 0.5) is 5.69 Å². The van der Waals surface area contributed by atoms with Crippen LogP contribution in [0.3, 0.4) is 0 Å². The van der Waals surface area contributed by atoms with Crippen molar-refractivity contribution in [3.05, 3.63) is 28.8 Å². The van der Waals surface area contributed by atoms with Gasteiger partial charge >= 0.3 is 5.91 Å². The second-order valence-electron chi connectivity index (χ2n) is 5.90. The molecule has 0 fully saturated rings. The maximum Gasteiger partial charge on any atom is 0.306 e. The monoisotopic (exact) mass is 335 g/mol. The Bertz CT molecular complexity index is 612. The van der Waals surface area contributed by atoms with Crippen molar-refractivity contribution in [2.24, 2.45) is 0 Å². The summed E-state index contributed by atoms with van der Waals surface area (Å²) in [6, 6.07) is 4.58. The fourth-order valence-corrected chi connectivity index (χ4v) is 2.98. The van der Waals surface area contributed by atoms with Crippen molar-refractivity contribution < 1.29 is 14.4 Å². The maximum absolute atomic E-state index is 12.3. The van der Waals surface area contributed by atoms with E-state index in [1.165, 1.54) is 31.7 Å². The normalized spacial score (nSPS) is 13.6. The number of carbonyl (C=O) groups is 3. The van der Waals surface area contributed by atoms with Gasteiger partial charge in [-0.15, -0.1) is 0 Å². The average molecular weight is 336 g/mol. The Morgan fingerprint density at radius 2 is 1.70 bits per heavy atom. The first-order valence-corrected chi connectivity index (χ1v) is 8.65. The number of anilines is 1. The number of imide groups is 1. The minimum atomic E-state index is -0.768.